The molecule has 5 heteroatoms. The summed E-state index contributed by atoms with van der Waals surface area (Å²) < 4.78 is 38.5. The van der Waals surface area contributed by atoms with Crippen molar-refractivity contribution in [3.63, 3.8) is 0 Å². The molecule has 0 aromatic heterocycles. The van der Waals surface area contributed by atoms with Crippen molar-refractivity contribution in [2.75, 3.05) is 0 Å². The smallest absolute Gasteiger partial charge is 0.382 e. The molecule has 106 valence electrons. The summed E-state index contributed by atoms with van der Waals surface area (Å²) in [7, 11) is 0. The second-order valence-corrected chi connectivity index (χ2v) is 5.46. The third kappa shape index (κ3) is 3.77. The van der Waals surface area contributed by atoms with E-state index in [1.807, 2.05) is 0 Å². The summed E-state index contributed by atoms with van der Waals surface area (Å²) in [5.41, 5.74) is 0.450. The zero-order valence-electron chi connectivity index (χ0n) is 10.4. The maximum absolute atomic E-state index is 12.8. The van der Waals surface area contributed by atoms with Gasteiger partial charge in [0.1, 0.15) is 0 Å². The van der Waals surface area contributed by atoms with Gasteiger partial charge in [-0.1, -0.05) is 48.5 Å². The van der Waals surface area contributed by atoms with Crippen LogP contribution in [0.2, 0.25) is 0 Å². The second-order valence-electron chi connectivity index (χ2n) is 4.25. The van der Waals surface area contributed by atoms with E-state index >= 15 is 0 Å². The minimum atomic E-state index is -4.65. The summed E-state index contributed by atoms with van der Waals surface area (Å²) in [6.45, 7) is 0. The molecule has 20 heavy (non-hydrogen) atoms. The van der Waals surface area contributed by atoms with Crippen molar-refractivity contribution >= 4 is 11.8 Å². The normalized spacial score (nSPS) is 14.8. The van der Waals surface area contributed by atoms with E-state index in [1.165, 1.54) is 0 Å². The highest BCUT2D eigenvalue weighted by Gasteiger charge is 2.44. The average molecular weight is 298 g/mol. The van der Waals surface area contributed by atoms with E-state index < -0.39 is 17.5 Å². The maximum atomic E-state index is 12.8. The zero-order chi connectivity index (χ0) is 14.6. The molecule has 0 aliphatic carbocycles. The fraction of sp³-hybridized carbons (Fsp3) is 0.200. The van der Waals surface area contributed by atoms with Crippen LogP contribution in [0.25, 0.3) is 0 Å². The Morgan fingerprint density at radius 1 is 0.850 bits per heavy atom. The standard InChI is InChI=1S/C15H13F3OS/c16-15(17,18)14(19)13(11-7-3-1-4-8-11)20-12-9-5-2-6-10-12/h1-10,13-14,19H/t13-,14-/m1/s1. The number of thioether (sulfide) groups is 1. The number of alkyl halides is 3. The number of aliphatic hydroxyl groups excluding tert-OH is 1. The van der Waals surface area contributed by atoms with Crippen LogP contribution in [0.1, 0.15) is 10.8 Å². The first-order valence-corrected chi connectivity index (χ1v) is 6.88. The number of benzene rings is 2. The van der Waals surface area contributed by atoms with Crippen molar-refractivity contribution in [2.45, 2.75) is 22.4 Å². The molecule has 0 aliphatic rings. The van der Waals surface area contributed by atoms with E-state index in [9.17, 15) is 18.3 Å². The lowest BCUT2D eigenvalue weighted by atomic mass is 10.1. The molecule has 2 aromatic carbocycles. The number of halogens is 3. The van der Waals surface area contributed by atoms with Gasteiger partial charge in [-0.3, -0.25) is 0 Å². The van der Waals surface area contributed by atoms with Crippen molar-refractivity contribution in [3.8, 4) is 0 Å². The largest absolute Gasteiger partial charge is 0.415 e. The summed E-state index contributed by atoms with van der Waals surface area (Å²) >= 11 is 1.01. The van der Waals surface area contributed by atoms with Crippen molar-refractivity contribution < 1.29 is 18.3 Å². The predicted octanol–water partition coefficient (Wildman–Crippen LogP) is 4.44. The predicted molar refractivity (Wildman–Crippen MR) is 73.5 cm³/mol. The van der Waals surface area contributed by atoms with Gasteiger partial charge >= 0.3 is 6.18 Å². The molecule has 2 rings (SSSR count). The Hall–Kier alpha value is -1.46. The van der Waals surface area contributed by atoms with Crippen LogP contribution in [-0.2, 0) is 0 Å². The number of hydrogen-bond acceptors (Lipinski definition) is 2. The van der Waals surface area contributed by atoms with Crippen LogP contribution in [-0.4, -0.2) is 17.4 Å². The van der Waals surface area contributed by atoms with Gasteiger partial charge < -0.3 is 5.11 Å². The molecule has 0 fully saturated rings. The molecule has 1 N–H and O–H groups in total. The SMILES string of the molecule is O[C@H]([C@H](Sc1ccccc1)c1ccccc1)C(F)(F)F. The number of rotatable bonds is 4. The lowest BCUT2D eigenvalue weighted by molar-refractivity contribution is -0.203. The van der Waals surface area contributed by atoms with Gasteiger partial charge in [-0.15, -0.1) is 11.8 Å². The molecule has 0 saturated heterocycles. The molecular weight excluding hydrogens is 285 g/mol. The van der Waals surface area contributed by atoms with E-state index in [-0.39, 0.29) is 0 Å². The fourth-order valence-electron chi connectivity index (χ4n) is 1.77. The molecule has 0 spiro atoms. The molecule has 0 radical (unpaired) electrons. The Labute approximate surface area is 119 Å². The monoisotopic (exact) mass is 298 g/mol. The molecule has 0 bridgehead atoms. The van der Waals surface area contributed by atoms with E-state index in [2.05, 4.69) is 0 Å². The van der Waals surface area contributed by atoms with Crippen LogP contribution in [0.3, 0.4) is 0 Å². The van der Waals surface area contributed by atoms with Crippen LogP contribution < -0.4 is 0 Å². The maximum Gasteiger partial charge on any atom is 0.415 e. The molecule has 0 saturated carbocycles. The lowest BCUT2D eigenvalue weighted by Gasteiger charge is -2.24. The van der Waals surface area contributed by atoms with Crippen molar-refractivity contribution in [3.05, 3.63) is 66.2 Å². The third-order valence-corrected chi connectivity index (χ3v) is 4.08. The minimum absolute atomic E-state index is 0.450. The van der Waals surface area contributed by atoms with Crippen LogP contribution in [0.5, 0.6) is 0 Å². The molecule has 0 amide bonds. The first kappa shape index (κ1) is 14.9. The lowest BCUT2D eigenvalue weighted by Crippen LogP contribution is -2.33. The van der Waals surface area contributed by atoms with E-state index in [4.69, 9.17) is 0 Å². The summed E-state index contributed by atoms with van der Waals surface area (Å²) in [5.74, 6) is 0. The van der Waals surface area contributed by atoms with Gasteiger partial charge in [-0.2, -0.15) is 13.2 Å². The van der Waals surface area contributed by atoms with E-state index in [0.29, 0.717) is 10.5 Å². The fourth-order valence-corrected chi connectivity index (χ4v) is 2.96. The van der Waals surface area contributed by atoms with Gasteiger partial charge in [-0.05, 0) is 17.7 Å². The topological polar surface area (TPSA) is 20.2 Å². The summed E-state index contributed by atoms with van der Waals surface area (Å²) in [6.07, 6.45) is -7.06. The second kappa shape index (κ2) is 6.33. The van der Waals surface area contributed by atoms with E-state index in [1.54, 1.807) is 60.7 Å². The first-order chi connectivity index (χ1) is 9.48. The number of hydrogen-bond donors (Lipinski definition) is 1. The van der Waals surface area contributed by atoms with Crippen LogP contribution in [0.4, 0.5) is 13.2 Å². The molecule has 0 heterocycles. The molecular formula is C15H13F3OS. The van der Waals surface area contributed by atoms with Crippen molar-refractivity contribution in [1.82, 2.24) is 0 Å². The Morgan fingerprint density at radius 3 is 1.85 bits per heavy atom. The van der Waals surface area contributed by atoms with Gasteiger partial charge in [-0.25, -0.2) is 0 Å². The highest BCUT2D eigenvalue weighted by molar-refractivity contribution is 7.99. The summed E-state index contributed by atoms with van der Waals surface area (Å²) in [5, 5.41) is 8.53. The first-order valence-electron chi connectivity index (χ1n) is 6.00. The summed E-state index contributed by atoms with van der Waals surface area (Å²) in [4.78, 5) is 0.685. The minimum Gasteiger partial charge on any atom is -0.382 e. The van der Waals surface area contributed by atoms with Gasteiger partial charge in [0.05, 0.1) is 5.25 Å². The molecule has 0 aliphatic heterocycles. The van der Waals surface area contributed by atoms with Gasteiger partial charge in [0.2, 0.25) is 0 Å². The van der Waals surface area contributed by atoms with Gasteiger partial charge in [0.15, 0.2) is 6.10 Å². The average Bonchev–Trinajstić information content (AvgIpc) is 2.45. The van der Waals surface area contributed by atoms with Crippen molar-refractivity contribution in [2.24, 2.45) is 0 Å². The van der Waals surface area contributed by atoms with Gasteiger partial charge in [0.25, 0.3) is 0 Å². The van der Waals surface area contributed by atoms with E-state index in [0.717, 1.165) is 11.8 Å². The summed E-state index contributed by atoms with van der Waals surface area (Å²) in [6, 6.07) is 17.0. The highest BCUT2D eigenvalue weighted by atomic mass is 32.2. The molecule has 2 atom stereocenters. The Balaban J connectivity index is 2.30. The van der Waals surface area contributed by atoms with Crippen molar-refractivity contribution in [1.29, 1.82) is 0 Å². The molecule has 2 aromatic rings. The molecule has 1 nitrogen and oxygen atoms in total. The Kier molecular flexibility index (Phi) is 4.73. The Morgan fingerprint density at radius 2 is 1.35 bits per heavy atom. The van der Waals surface area contributed by atoms with Crippen LogP contribution >= 0.6 is 11.8 Å². The third-order valence-electron chi connectivity index (χ3n) is 2.76. The Bertz CT molecular complexity index is 528. The number of aliphatic hydroxyl groups is 1. The van der Waals surface area contributed by atoms with Gasteiger partial charge in [0, 0.05) is 4.90 Å². The zero-order valence-corrected chi connectivity index (χ0v) is 11.2. The quantitative estimate of drug-likeness (QED) is 0.842. The highest BCUT2D eigenvalue weighted by Crippen LogP contribution is 2.42. The van der Waals surface area contributed by atoms with Crippen LogP contribution in [0.15, 0.2) is 65.6 Å². The van der Waals surface area contributed by atoms with Crippen LogP contribution in [0, 0.1) is 0 Å². The molecule has 0 unspecified atom stereocenters.